The molecule has 0 saturated heterocycles. The van der Waals surface area contributed by atoms with E-state index in [1.807, 2.05) is 12.1 Å². The summed E-state index contributed by atoms with van der Waals surface area (Å²) in [5.74, 6) is 1.02. The van der Waals surface area contributed by atoms with Gasteiger partial charge in [0.1, 0.15) is 5.75 Å². The molecule has 90 valence electrons. The van der Waals surface area contributed by atoms with Crippen LogP contribution in [0.4, 0.5) is 0 Å². The molecule has 2 nitrogen and oxygen atoms in total. The molecule has 1 aromatic rings. The summed E-state index contributed by atoms with van der Waals surface area (Å²) in [6, 6.07) is 6.20. The molecule has 0 amide bonds. The zero-order valence-electron chi connectivity index (χ0n) is 9.84. The Morgan fingerprint density at radius 2 is 2.12 bits per heavy atom. The topological polar surface area (TPSA) is 35.2 Å². The molecule has 1 rings (SSSR count). The van der Waals surface area contributed by atoms with Crippen LogP contribution in [0.3, 0.4) is 0 Å². The van der Waals surface area contributed by atoms with Gasteiger partial charge in [-0.1, -0.05) is 22.9 Å². The number of unbranched alkanes of at least 4 members (excludes halogenated alkanes) is 1. The molecule has 0 aliphatic rings. The van der Waals surface area contributed by atoms with Gasteiger partial charge in [-0.2, -0.15) is 0 Å². The van der Waals surface area contributed by atoms with E-state index in [0.717, 1.165) is 49.1 Å². The number of rotatable bonds is 7. The van der Waals surface area contributed by atoms with Crippen molar-refractivity contribution in [1.29, 1.82) is 0 Å². The first-order valence-corrected chi connectivity index (χ1v) is 6.68. The molecule has 1 aromatic carbocycles. The summed E-state index contributed by atoms with van der Waals surface area (Å²) in [7, 11) is 0. The number of halogens is 1. The second-order valence-electron chi connectivity index (χ2n) is 3.85. The number of nitrogens with two attached hydrogens (primary N) is 1. The molecule has 0 aliphatic carbocycles. The number of hydrogen-bond acceptors (Lipinski definition) is 2. The summed E-state index contributed by atoms with van der Waals surface area (Å²) in [5.41, 5.74) is 6.77. The van der Waals surface area contributed by atoms with E-state index in [1.54, 1.807) is 0 Å². The van der Waals surface area contributed by atoms with E-state index in [9.17, 15) is 0 Å². The van der Waals surface area contributed by atoms with Gasteiger partial charge in [0.2, 0.25) is 0 Å². The number of hydrogen-bond donors (Lipinski definition) is 1. The smallest absolute Gasteiger partial charge is 0.122 e. The van der Waals surface area contributed by atoms with E-state index in [2.05, 4.69) is 28.9 Å². The lowest BCUT2D eigenvalue weighted by atomic mass is 10.1. The summed E-state index contributed by atoms with van der Waals surface area (Å²) in [5, 5.41) is 0. The second-order valence-corrected chi connectivity index (χ2v) is 4.76. The zero-order chi connectivity index (χ0) is 11.8. The standard InChI is InChI=1S/C13H20BrNO/c1-2-9-16-13-7-6-12(14)10-11(13)5-3-4-8-15/h6-7,10H,2-5,8-9,15H2,1H3. The summed E-state index contributed by atoms with van der Waals surface area (Å²) < 4.78 is 6.83. The van der Waals surface area contributed by atoms with Crippen LogP contribution < -0.4 is 10.5 Å². The van der Waals surface area contributed by atoms with E-state index in [1.165, 1.54) is 5.56 Å². The molecule has 0 bridgehead atoms. The minimum Gasteiger partial charge on any atom is -0.493 e. The highest BCUT2D eigenvalue weighted by molar-refractivity contribution is 9.10. The van der Waals surface area contributed by atoms with Crippen LogP contribution in [0.25, 0.3) is 0 Å². The Balaban J connectivity index is 2.65. The second kappa shape index (κ2) is 7.69. The lowest BCUT2D eigenvalue weighted by Crippen LogP contribution is -2.01. The Hall–Kier alpha value is -0.540. The van der Waals surface area contributed by atoms with Crippen molar-refractivity contribution >= 4 is 15.9 Å². The van der Waals surface area contributed by atoms with Crippen LogP contribution in [0.15, 0.2) is 22.7 Å². The minimum absolute atomic E-state index is 0.763. The molecule has 0 radical (unpaired) electrons. The van der Waals surface area contributed by atoms with Crippen LogP contribution >= 0.6 is 15.9 Å². The molecular formula is C13H20BrNO. The van der Waals surface area contributed by atoms with Crippen LogP contribution in [0.1, 0.15) is 31.7 Å². The van der Waals surface area contributed by atoms with E-state index in [0.29, 0.717) is 0 Å². The Kier molecular flexibility index (Phi) is 6.50. The molecule has 3 heteroatoms. The third-order valence-corrected chi connectivity index (χ3v) is 2.88. The molecular weight excluding hydrogens is 266 g/mol. The predicted octanol–water partition coefficient (Wildman–Crippen LogP) is 3.52. The molecule has 0 spiro atoms. The van der Waals surface area contributed by atoms with Crippen molar-refractivity contribution in [3.8, 4) is 5.75 Å². The highest BCUT2D eigenvalue weighted by Crippen LogP contribution is 2.25. The lowest BCUT2D eigenvalue weighted by Gasteiger charge is -2.11. The molecule has 2 N–H and O–H groups in total. The largest absolute Gasteiger partial charge is 0.493 e. The van der Waals surface area contributed by atoms with Crippen molar-refractivity contribution in [1.82, 2.24) is 0 Å². The van der Waals surface area contributed by atoms with Gasteiger partial charge < -0.3 is 10.5 Å². The van der Waals surface area contributed by atoms with Crippen LogP contribution in [-0.4, -0.2) is 13.2 Å². The first-order valence-electron chi connectivity index (χ1n) is 5.89. The minimum atomic E-state index is 0.763. The Morgan fingerprint density at radius 1 is 1.31 bits per heavy atom. The quantitative estimate of drug-likeness (QED) is 0.778. The van der Waals surface area contributed by atoms with E-state index < -0.39 is 0 Å². The van der Waals surface area contributed by atoms with Gasteiger partial charge in [0.15, 0.2) is 0 Å². The van der Waals surface area contributed by atoms with Crippen molar-refractivity contribution in [3.05, 3.63) is 28.2 Å². The third kappa shape index (κ3) is 4.54. The normalized spacial score (nSPS) is 10.4. The molecule has 0 fully saturated rings. The fourth-order valence-electron chi connectivity index (χ4n) is 1.56. The van der Waals surface area contributed by atoms with E-state index in [-0.39, 0.29) is 0 Å². The van der Waals surface area contributed by atoms with Crippen molar-refractivity contribution in [2.45, 2.75) is 32.6 Å². The Bertz CT molecular complexity index is 315. The monoisotopic (exact) mass is 285 g/mol. The van der Waals surface area contributed by atoms with E-state index in [4.69, 9.17) is 10.5 Å². The average molecular weight is 286 g/mol. The van der Waals surface area contributed by atoms with Gasteiger partial charge in [-0.3, -0.25) is 0 Å². The highest BCUT2D eigenvalue weighted by atomic mass is 79.9. The van der Waals surface area contributed by atoms with Gasteiger partial charge >= 0.3 is 0 Å². The van der Waals surface area contributed by atoms with Gasteiger partial charge in [-0.15, -0.1) is 0 Å². The van der Waals surface area contributed by atoms with Crippen LogP contribution in [0, 0.1) is 0 Å². The lowest BCUT2D eigenvalue weighted by molar-refractivity contribution is 0.314. The van der Waals surface area contributed by atoms with Gasteiger partial charge in [-0.05, 0) is 56.0 Å². The maximum absolute atomic E-state index is 5.72. The van der Waals surface area contributed by atoms with Crippen molar-refractivity contribution in [3.63, 3.8) is 0 Å². The molecule has 0 unspecified atom stereocenters. The van der Waals surface area contributed by atoms with Crippen molar-refractivity contribution < 1.29 is 4.74 Å². The fraction of sp³-hybridized carbons (Fsp3) is 0.538. The van der Waals surface area contributed by atoms with Crippen LogP contribution in [0.2, 0.25) is 0 Å². The van der Waals surface area contributed by atoms with Crippen molar-refractivity contribution in [2.75, 3.05) is 13.2 Å². The maximum atomic E-state index is 5.72. The maximum Gasteiger partial charge on any atom is 0.122 e. The molecule has 16 heavy (non-hydrogen) atoms. The Morgan fingerprint density at radius 3 is 2.81 bits per heavy atom. The predicted molar refractivity (Wildman–Crippen MR) is 71.9 cm³/mol. The van der Waals surface area contributed by atoms with E-state index >= 15 is 0 Å². The first-order chi connectivity index (χ1) is 7.77. The Labute approximate surface area is 106 Å². The van der Waals surface area contributed by atoms with Gasteiger partial charge in [0.25, 0.3) is 0 Å². The summed E-state index contributed by atoms with van der Waals surface area (Å²) >= 11 is 3.49. The SMILES string of the molecule is CCCOc1ccc(Br)cc1CCCCN. The van der Waals surface area contributed by atoms with Gasteiger partial charge in [0.05, 0.1) is 6.61 Å². The summed E-state index contributed by atoms with van der Waals surface area (Å²) in [4.78, 5) is 0. The number of benzene rings is 1. The molecule has 0 aromatic heterocycles. The summed E-state index contributed by atoms with van der Waals surface area (Å²) in [6.45, 7) is 3.66. The third-order valence-electron chi connectivity index (χ3n) is 2.38. The molecule has 0 heterocycles. The number of ether oxygens (including phenoxy) is 1. The first kappa shape index (κ1) is 13.5. The summed E-state index contributed by atoms with van der Waals surface area (Å²) in [6.07, 6.45) is 4.27. The van der Waals surface area contributed by atoms with Gasteiger partial charge in [-0.25, -0.2) is 0 Å². The number of aryl methyl sites for hydroxylation is 1. The average Bonchev–Trinajstić information content (AvgIpc) is 2.28. The van der Waals surface area contributed by atoms with Gasteiger partial charge in [0, 0.05) is 4.47 Å². The highest BCUT2D eigenvalue weighted by Gasteiger charge is 2.04. The molecule has 0 aliphatic heterocycles. The van der Waals surface area contributed by atoms with Crippen LogP contribution in [-0.2, 0) is 6.42 Å². The fourth-order valence-corrected chi connectivity index (χ4v) is 1.96. The molecule has 0 atom stereocenters. The van der Waals surface area contributed by atoms with Crippen LogP contribution in [0.5, 0.6) is 5.75 Å². The zero-order valence-corrected chi connectivity index (χ0v) is 11.4. The molecule has 0 saturated carbocycles. The van der Waals surface area contributed by atoms with Crippen molar-refractivity contribution in [2.24, 2.45) is 5.73 Å².